The topological polar surface area (TPSA) is 207 Å². The number of aromatic nitrogens is 6. The number of likely N-dealkylation sites (N-methyl/N-ethyl adjacent to an activating group) is 1. The molecule has 2 aromatic rings. The van der Waals surface area contributed by atoms with Gasteiger partial charge in [-0.2, -0.15) is 9.36 Å². The Labute approximate surface area is 222 Å². The molecule has 4 N–H and O–H groups in total. The van der Waals surface area contributed by atoms with Gasteiger partial charge >= 0.3 is 5.97 Å². The number of carbonyl (C=O) groups is 3. The van der Waals surface area contributed by atoms with Gasteiger partial charge in [0.15, 0.2) is 5.13 Å². The summed E-state index contributed by atoms with van der Waals surface area (Å²) in [6.07, 6.45) is 0. The first-order chi connectivity index (χ1) is 17.7. The van der Waals surface area contributed by atoms with Crippen molar-refractivity contribution in [3.63, 3.8) is 0 Å². The van der Waals surface area contributed by atoms with Gasteiger partial charge in [-0.15, -0.1) is 16.9 Å². The molecule has 1 unspecified atom stereocenters. The van der Waals surface area contributed by atoms with Crippen molar-refractivity contribution in [2.75, 3.05) is 45.0 Å². The van der Waals surface area contributed by atoms with Gasteiger partial charge in [-0.1, -0.05) is 16.9 Å². The van der Waals surface area contributed by atoms with Crippen LogP contribution in [0.25, 0.3) is 0 Å². The van der Waals surface area contributed by atoms with Crippen molar-refractivity contribution in [3.05, 3.63) is 17.1 Å². The SMILES string of the molecule is CO/N=C(/C(=O)NC1C(=O)N2C(C(=O)O)=C(CSc3nnnn3CCN(C)C)CS[C@H]12)c1nsc(N)n1. The maximum Gasteiger partial charge on any atom is 0.352 e. The second kappa shape index (κ2) is 11.4. The van der Waals surface area contributed by atoms with Crippen LogP contribution in [0, 0.1) is 0 Å². The average Bonchev–Trinajstić information content (AvgIpc) is 3.50. The molecule has 2 amide bonds. The number of carbonyl (C=O) groups excluding carboxylic acids is 2. The normalized spacial score (nSPS) is 19.6. The molecule has 4 rings (SSSR count). The number of nitrogens with one attached hydrogen (secondary N) is 1. The standard InChI is InChI=1S/C18H23N11O5S3/c1-27(2)4-5-28-18(22-25-26-28)36-7-8-6-35-15-10(14(31)29(15)11(8)16(32)33)20-13(30)9(23-34-3)12-21-17(19)37-24-12/h10,15H,4-7H2,1-3H3,(H,20,30)(H,32,33)(H2,19,21,24)/b23-9+/t10?,15-/m1/s1. The molecule has 0 aliphatic carbocycles. The van der Waals surface area contributed by atoms with E-state index in [0.717, 1.165) is 18.1 Å². The molecule has 1 fully saturated rings. The molecule has 4 heterocycles. The number of aliphatic carboxylic acids is 1. The highest BCUT2D eigenvalue weighted by Gasteiger charge is 2.54. The number of carboxylic acid groups (broad SMARTS) is 1. The number of nitrogen functional groups attached to an aromatic ring is 1. The first-order valence-corrected chi connectivity index (χ1v) is 13.5. The maximum absolute atomic E-state index is 13.0. The van der Waals surface area contributed by atoms with Crippen LogP contribution in [0.2, 0.25) is 0 Å². The van der Waals surface area contributed by atoms with Crippen LogP contribution in [0.4, 0.5) is 5.13 Å². The van der Waals surface area contributed by atoms with Crippen LogP contribution in [-0.4, -0.2) is 119 Å². The van der Waals surface area contributed by atoms with Crippen molar-refractivity contribution in [2.45, 2.75) is 23.1 Å². The van der Waals surface area contributed by atoms with Gasteiger partial charge in [-0.05, 0) is 30.1 Å². The third kappa shape index (κ3) is 5.68. The minimum atomic E-state index is -1.23. The molecule has 0 radical (unpaired) electrons. The number of β-lactam (4-membered cyclic amide) rings is 1. The lowest BCUT2D eigenvalue weighted by Gasteiger charge is -2.49. The van der Waals surface area contributed by atoms with E-state index in [2.05, 4.69) is 35.4 Å². The zero-order valence-corrected chi connectivity index (χ0v) is 22.3. The quantitative estimate of drug-likeness (QED) is 0.122. The Kier molecular flexibility index (Phi) is 8.25. The van der Waals surface area contributed by atoms with E-state index in [-0.39, 0.29) is 28.1 Å². The van der Waals surface area contributed by atoms with Crippen molar-refractivity contribution in [1.82, 2.24) is 44.7 Å². The van der Waals surface area contributed by atoms with Crippen molar-refractivity contribution in [2.24, 2.45) is 5.16 Å². The van der Waals surface area contributed by atoms with E-state index in [1.165, 1.54) is 35.5 Å². The molecule has 2 atom stereocenters. The molecule has 0 aromatic carbocycles. The molecule has 2 aliphatic heterocycles. The predicted molar refractivity (Wildman–Crippen MR) is 135 cm³/mol. The second-order valence-electron chi connectivity index (χ2n) is 7.97. The summed E-state index contributed by atoms with van der Waals surface area (Å²) in [4.78, 5) is 49.8. The van der Waals surface area contributed by atoms with Crippen LogP contribution in [0.1, 0.15) is 5.82 Å². The first kappa shape index (κ1) is 26.8. The maximum atomic E-state index is 13.0. The molecular formula is C18H23N11O5S3. The van der Waals surface area contributed by atoms with E-state index in [0.29, 0.717) is 23.0 Å². The first-order valence-electron chi connectivity index (χ1n) is 10.7. The molecule has 19 heteroatoms. The molecule has 1 saturated heterocycles. The van der Waals surface area contributed by atoms with Crippen LogP contribution < -0.4 is 11.1 Å². The van der Waals surface area contributed by atoms with Crippen LogP contribution in [0.5, 0.6) is 0 Å². The minimum Gasteiger partial charge on any atom is -0.477 e. The third-order valence-electron chi connectivity index (χ3n) is 5.22. The number of fused-ring (bicyclic) bond motifs is 1. The van der Waals surface area contributed by atoms with Crippen molar-refractivity contribution in [1.29, 1.82) is 0 Å². The predicted octanol–water partition coefficient (Wildman–Crippen LogP) is -1.45. The summed E-state index contributed by atoms with van der Waals surface area (Å²) in [6, 6.07) is -0.961. The van der Waals surface area contributed by atoms with Crippen LogP contribution in [0.3, 0.4) is 0 Å². The largest absolute Gasteiger partial charge is 0.477 e. The van der Waals surface area contributed by atoms with Gasteiger partial charge in [-0.3, -0.25) is 14.5 Å². The Hall–Kier alpha value is -3.29. The second-order valence-corrected chi connectivity index (χ2v) is 10.8. The third-order valence-corrected chi connectivity index (χ3v) is 8.15. The molecule has 37 heavy (non-hydrogen) atoms. The van der Waals surface area contributed by atoms with Gasteiger partial charge in [0.25, 0.3) is 11.8 Å². The zero-order valence-electron chi connectivity index (χ0n) is 19.9. The molecular weight excluding hydrogens is 546 g/mol. The fraction of sp³-hybridized carbons (Fsp3) is 0.500. The number of hydrogen-bond donors (Lipinski definition) is 3. The van der Waals surface area contributed by atoms with Crippen molar-refractivity contribution < 1.29 is 24.3 Å². The number of tetrazole rings is 1. The van der Waals surface area contributed by atoms with Gasteiger partial charge in [0.1, 0.15) is 24.2 Å². The van der Waals surface area contributed by atoms with Crippen molar-refractivity contribution in [3.8, 4) is 0 Å². The Bertz CT molecular complexity index is 1260. The number of carboxylic acids is 1. The summed E-state index contributed by atoms with van der Waals surface area (Å²) in [7, 11) is 5.13. The van der Waals surface area contributed by atoms with Crippen molar-refractivity contribution >= 4 is 63.7 Å². The minimum absolute atomic E-state index is 0.0415. The van der Waals surface area contributed by atoms with Gasteiger partial charge < -0.3 is 25.9 Å². The molecule has 198 valence electrons. The summed E-state index contributed by atoms with van der Waals surface area (Å²) in [5, 5.41) is 27.9. The molecule has 0 bridgehead atoms. The Morgan fingerprint density at radius 3 is 2.84 bits per heavy atom. The Balaban J connectivity index is 1.46. The molecule has 2 aromatic heterocycles. The Morgan fingerprint density at radius 2 is 2.19 bits per heavy atom. The number of hydrogen-bond acceptors (Lipinski definition) is 15. The zero-order chi connectivity index (χ0) is 26.7. The van der Waals surface area contributed by atoms with E-state index in [1.807, 2.05) is 19.0 Å². The molecule has 0 saturated carbocycles. The van der Waals surface area contributed by atoms with E-state index in [1.54, 1.807) is 4.68 Å². The highest BCUT2D eigenvalue weighted by Crippen LogP contribution is 2.41. The summed E-state index contributed by atoms with van der Waals surface area (Å²) in [5.41, 5.74) is 5.80. The summed E-state index contributed by atoms with van der Waals surface area (Å²) in [5.74, 6) is -1.94. The van der Waals surface area contributed by atoms with E-state index in [9.17, 15) is 19.5 Å². The van der Waals surface area contributed by atoms with E-state index >= 15 is 0 Å². The number of nitrogens with zero attached hydrogens (tertiary/aromatic N) is 9. The average molecular weight is 570 g/mol. The van der Waals surface area contributed by atoms with Crippen LogP contribution in [0.15, 0.2) is 21.6 Å². The van der Waals surface area contributed by atoms with Crippen LogP contribution in [-0.2, 0) is 25.8 Å². The fourth-order valence-corrected chi connectivity index (χ4v) is 6.32. The van der Waals surface area contributed by atoms with Crippen LogP contribution >= 0.6 is 35.1 Å². The van der Waals surface area contributed by atoms with Gasteiger partial charge in [0, 0.05) is 29.6 Å². The summed E-state index contributed by atoms with van der Waals surface area (Å²) >= 11 is 3.52. The number of anilines is 1. The highest BCUT2D eigenvalue weighted by molar-refractivity contribution is 8.01. The number of rotatable bonds is 11. The number of thioether (sulfide) groups is 2. The monoisotopic (exact) mass is 569 g/mol. The lowest BCUT2D eigenvalue weighted by atomic mass is 10.0. The highest BCUT2D eigenvalue weighted by atomic mass is 32.2. The van der Waals surface area contributed by atoms with E-state index in [4.69, 9.17) is 10.6 Å². The summed E-state index contributed by atoms with van der Waals surface area (Å²) < 4.78 is 5.60. The van der Waals surface area contributed by atoms with E-state index < -0.39 is 29.2 Å². The molecule has 0 spiro atoms. The number of oxime groups is 1. The molecule has 2 aliphatic rings. The lowest BCUT2D eigenvalue weighted by molar-refractivity contribution is -0.150. The Morgan fingerprint density at radius 1 is 1.41 bits per heavy atom. The lowest BCUT2D eigenvalue weighted by Crippen LogP contribution is -2.71. The van der Waals surface area contributed by atoms with Gasteiger partial charge in [0.05, 0.1) is 6.54 Å². The number of nitrogens with two attached hydrogens (primary N) is 1. The fourth-order valence-electron chi connectivity index (χ4n) is 3.50. The summed E-state index contributed by atoms with van der Waals surface area (Å²) in [6.45, 7) is 1.31. The smallest absolute Gasteiger partial charge is 0.352 e. The van der Waals surface area contributed by atoms with Gasteiger partial charge in [-0.25, -0.2) is 9.48 Å². The number of amides is 2. The molecule has 16 nitrogen and oxygen atoms in total. The van der Waals surface area contributed by atoms with Gasteiger partial charge in [0.2, 0.25) is 16.7 Å².